The van der Waals surface area contributed by atoms with Crippen LogP contribution in [-0.2, 0) is 20.6 Å². The van der Waals surface area contributed by atoms with Gasteiger partial charge in [0.15, 0.2) is 0 Å². The molecular formula is C19H21FN2O3S. The van der Waals surface area contributed by atoms with Crippen molar-refractivity contribution in [1.82, 2.24) is 4.31 Å². The van der Waals surface area contributed by atoms with Gasteiger partial charge in [-0.1, -0.05) is 36.4 Å². The van der Waals surface area contributed by atoms with Crippen molar-refractivity contribution in [2.45, 2.75) is 18.6 Å². The van der Waals surface area contributed by atoms with E-state index in [2.05, 4.69) is 5.32 Å². The number of hydrogen-bond donors (Lipinski definition) is 1. The first-order valence-corrected chi connectivity index (χ1v) is 10.1. The Morgan fingerprint density at radius 1 is 1.04 bits per heavy atom. The predicted molar refractivity (Wildman–Crippen MR) is 98.4 cm³/mol. The minimum atomic E-state index is -3.61. The largest absolute Gasteiger partial charge is 0.326 e. The van der Waals surface area contributed by atoms with E-state index in [0.717, 1.165) is 5.69 Å². The molecule has 0 saturated carbocycles. The highest BCUT2D eigenvalue weighted by Crippen LogP contribution is 2.23. The van der Waals surface area contributed by atoms with Gasteiger partial charge in [0.05, 0.1) is 5.75 Å². The molecule has 7 heteroatoms. The third-order valence-electron chi connectivity index (χ3n) is 4.56. The Morgan fingerprint density at radius 3 is 2.31 bits per heavy atom. The Hall–Kier alpha value is -2.25. The first kappa shape index (κ1) is 18.5. The number of benzene rings is 2. The zero-order chi connectivity index (χ0) is 18.6. The molecule has 1 saturated heterocycles. The molecule has 0 bridgehead atoms. The third-order valence-corrected chi connectivity index (χ3v) is 6.38. The van der Waals surface area contributed by atoms with Gasteiger partial charge in [-0.2, -0.15) is 0 Å². The summed E-state index contributed by atoms with van der Waals surface area (Å²) in [5.41, 5.74) is 0.892. The van der Waals surface area contributed by atoms with E-state index >= 15 is 0 Å². The zero-order valence-electron chi connectivity index (χ0n) is 14.3. The molecule has 3 rings (SSSR count). The molecule has 0 unspecified atom stereocenters. The number of anilines is 1. The summed E-state index contributed by atoms with van der Waals surface area (Å²) in [6.45, 7) is 0.535. The van der Waals surface area contributed by atoms with Crippen molar-refractivity contribution in [2.24, 2.45) is 5.92 Å². The number of nitrogens with zero attached hydrogens (tertiary/aromatic N) is 1. The van der Waals surface area contributed by atoms with Crippen LogP contribution in [0, 0.1) is 11.7 Å². The Balaban J connectivity index is 1.57. The van der Waals surface area contributed by atoms with Gasteiger partial charge in [-0.3, -0.25) is 4.79 Å². The zero-order valence-corrected chi connectivity index (χ0v) is 15.1. The lowest BCUT2D eigenvalue weighted by atomic mass is 9.97. The molecular weight excluding hydrogens is 355 g/mol. The standard InChI is InChI=1S/C19H21FN2O3S/c20-18-9-5-4-6-16(18)14-26(24,25)22-12-10-15(11-13-22)19(23)21-17-7-2-1-3-8-17/h1-9,15H,10-14H2,(H,21,23). The number of halogens is 1. The van der Waals surface area contributed by atoms with Crippen LogP contribution in [0.5, 0.6) is 0 Å². The van der Waals surface area contributed by atoms with Gasteiger partial charge < -0.3 is 5.32 Å². The van der Waals surface area contributed by atoms with Gasteiger partial charge in [0.1, 0.15) is 5.82 Å². The van der Waals surface area contributed by atoms with Crippen LogP contribution >= 0.6 is 0 Å². The fraction of sp³-hybridized carbons (Fsp3) is 0.316. The molecule has 0 aliphatic carbocycles. The molecule has 2 aromatic carbocycles. The summed E-state index contributed by atoms with van der Waals surface area (Å²) in [4.78, 5) is 12.3. The number of carbonyl (C=O) groups excluding carboxylic acids is 1. The molecule has 1 N–H and O–H groups in total. The number of piperidine rings is 1. The fourth-order valence-corrected chi connectivity index (χ4v) is 4.64. The summed E-state index contributed by atoms with van der Waals surface area (Å²) in [6, 6.07) is 15.1. The van der Waals surface area contributed by atoms with Crippen LogP contribution in [0.15, 0.2) is 54.6 Å². The summed E-state index contributed by atoms with van der Waals surface area (Å²) < 4.78 is 40.1. The SMILES string of the molecule is O=C(Nc1ccccc1)C1CCN(S(=O)(=O)Cc2ccccc2F)CC1. The highest BCUT2D eigenvalue weighted by atomic mass is 32.2. The van der Waals surface area contributed by atoms with E-state index in [0.29, 0.717) is 12.8 Å². The van der Waals surface area contributed by atoms with E-state index < -0.39 is 15.8 Å². The first-order chi connectivity index (χ1) is 12.5. The smallest absolute Gasteiger partial charge is 0.227 e. The number of carbonyl (C=O) groups is 1. The molecule has 1 heterocycles. The minimum absolute atomic E-state index is 0.0950. The van der Waals surface area contributed by atoms with Crippen molar-refractivity contribution < 1.29 is 17.6 Å². The van der Waals surface area contributed by atoms with Gasteiger partial charge in [-0.15, -0.1) is 0 Å². The number of sulfonamides is 1. The normalized spacial score (nSPS) is 16.3. The lowest BCUT2D eigenvalue weighted by Crippen LogP contribution is -2.42. The second-order valence-corrected chi connectivity index (χ2v) is 8.35. The van der Waals surface area contributed by atoms with Gasteiger partial charge in [-0.05, 0) is 31.0 Å². The Bertz CT molecular complexity index is 863. The monoisotopic (exact) mass is 376 g/mol. The van der Waals surface area contributed by atoms with Crippen LogP contribution in [0.4, 0.5) is 10.1 Å². The molecule has 1 fully saturated rings. The van der Waals surface area contributed by atoms with E-state index in [4.69, 9.17) is 0 Å². The molecule has 1 aliphatic rings. The van der Waals surface area contributed by atoms with Crippen molar-refractivity contribution in [3.05, 3.63) is 66.0 Å². The molecule has 1 aliphatic heterocycles. The van der Waals surface area contributed by atoms with Crippen LogP contribution in [0.25, 0.3) is 0 Å². The molecule has 0 radical (unpaired) electrons. The quantitative estimate of drug-likeness (QED) is 0.872. The maximum Gasteiger partial charge on any atom is 0.227 e. The van der Waals surface area contributed by atoms with Gasteiger partial charge in [0.25, 0.3) is 0 Å². The predicted octanol–water partition coefficient (Wildman–Crippen LogP) is 3.01. The van der Waals surface area contributed by atoms with Crippen molar-refractivity contribution in [3.8, 4) is 0 Å². The van der Waals surface area contributed by atoms with Crippen molar-refractivity contribution >= 4 is 21.6 Å². The first-order valence-electron chi connectivity index (χ1n) is 8.53. The van der Waals surface area contributed by atoms with Crippen LogP contribution in [0.3, 0.4) is 0 Å². The van der Waals surface area contributed by atoms with E-state index in [1.165, 1.54) is 22.5 Å². The van der Waals surface area contributed by atoms with Crippen molar-refractivity contribution in [1.29, 1.82) is 0 Å². The maximum atomic E-state index is 13.7. The summed E-state index contributed by atoms with van der Waals surface area (Å²) >= 11 is 0. The number of para-hydroxylation sites is 1. The Kier molecular flexibility index (Phi) is 5.68. The highest BCUT2D eigenvalue weighted by Gasteiger charge is 2.31. The Labute approximate surface area is 152 Å². The fourth-order valence-electron chi connectivity index (χ4n) is 3.07. The molecule has 2 aromatic rings. The summed E-state index contributed by atoms with van der Waals surface area (Å²) in [5, 5.41) is 2.86. The van der Waals surface area contributed by atoms with Gasteiger partial charge in [0.2, 0.25) is 15.9 Å². The van der Waals surface area contributed by atoms with E-state index in [1.807, 2.05) is 30.3 Å². The molecule has 138 valence electrons. The van der Waals surface area contributed by atoms with Crippen LogP contribution in [0.2, 0.25) is 0 Å². The van der Waals surface area contributed by atoms with Crippen molar-refractivity contribution in [2.75, 3.05) is 18.4 Å². The van der Waals surface area contributed by atoms with E-state index in [-0.39, 0.29) is 36.2 Å². The Morgan fingerprint density at radius 2 is 1.65 bits per heavy atom. The summed E-state index contributed by atoms with van der Waals surface area (Å²) in [6.07, 6.45) is 0.907. The van der Waals surface area contributed by atoms with Crippen LogP contribution < -0.4 is 5.32 Å². The lowest BCUT2D eigenvalue weighted by molar-refractivity contribution is -0.120. The van der Waals surface area contributed by atoms with Crippen LogP contribution in [0.1, 0.15) is 18.4 Å². The van der Waals surface area contributed by atoms with Gasteiger partial charge in [-0.25, -0.2) is 17.1 Å². The molecule has 5 nitrogen and oxygen atoms in total. The second kappa shape index (κ2) is 7.97. The third kappa shape index (κ3) is 4.47. The van der Waals surface area contributed by atoms with Crippen molar-refractivity contribution in [3.63, 3.8) is 0 Å². The topological polar surface area (TPSA) is 66.5 Å². The number of hydrogen-bond acceptors (Lipinski definition) is 3. The molecule has 0 atom stereocenters. The average molecular weight is 376 g/mol. The number of nitrogens with one attached hydrogen (secondary N) is 1. The molecule has 0 spiro atoms. The second-order valence-electron chi connectivity index (χ2n) is 6.38. The summed E-state index contributed by atoms with van der Waals surface area (Å²) in [7, 11) is -3.61. The van der Waals surface area contributed by atoms with Gasteiger partial charge in [0, 0.05) is 30.3 Å². The van der Waals surface area contributed by atoms with E-state index in [1.54, 1.807) is 6.07 Å². The molecule has 0 aromatic heterocycles. The van der Waals surface area contributed by atoms with E-state index in [9.17, 15) is 17.6 Å². The maximum absolute atomic E-state index is 13.7. The van der Waals surface area contributed by atoms with Gasteiger partial charge >= 0.3 is 0 Å². The molecule has 1 amide bonds. The molecule has 26 heavy (non-hydrogen) atoms. The number of rotatable bonds is 5. The average Bonchev–Trinajstić information content (AvgIpc) is 2.64. The highest BCUT2D eigenvalue weighted by molar-refractivity contribution is 7.88. The lowest BCUT2D eigenvalue weighted by Gasteiger charge is -2.30. The van der Waals surface area contributed by atoms with Crippen LogP contribution in [-0.4, -0.2) is 31.7 Å². The number of amides is 1. The minimum Gasteiger partial charge on any atom is -0.326 e. The summed E-state index contributed by atoms with van der Waals surface area (Å²) in [5.74, 6) is -1.20.